The summed E-state index contributed by atoms with van der Waals surface area (Å²) in [5.41, 5.74) is 1.97. The van der Waals surface area contributed by atoms with E-state index in [4.69, 9.17) is 13.7 Å². The molecule has 1 heterocycles. The van der Waals surface area contributed by atoms with Crippen LogP contribution in [0.4, 0.5) is 9.59 Å². The second kappa shape index (κ2) is 11.8. The lowest BCUT2D eigenvalue weighted by Gasteiger charge is -2.45. The fourth-order valence-electron chi connectivity index (χ4n) is 3.51. The average molecular weight is 493 g/mol. The Morgan fingerprint density at radius 3 is 2.26 bits per heavy atom. The largest absolute Gasteiger partial charge is 0.445 e. The van der Waals surface area contributed by atoms with E-state index in [1.54, 1.807) is 18.0 Å². The molecule has 0 bridgehead atoms. The Morgan fingerprint density at radius 2 is 1.71 bits per heavy atom. The van der Waals surface area contributed by atoms with Crippen LogP contribution >= 0.6 is 10.3 Å². The average Bonchev–Trinajstić information content (AvgIpc) is 3.18. The van der Waals surface area contributed by atoms with Crippen molar-refractivity contribution in [3.8, 4) is 0 Å². The molecular formula is C26H40N2O5S. The van der Waals surface area contributed by atoms with Crippen LogP contribution in [0, 0.1) is 0 Å². The van der Waals surface area contributed by atoms with Crippen molar-refractivity contribution in [3.63, 3.8) is 0 Å². The van der Waals surface area contributed by atoms with Gasteiger partial charge in [-0.1, -0.05) is 70.3 Å². The molecule has 0 aliphatic carbocycles. The van der Waals surface area contributed by atoms with Gasteiger partial charge in [-0.3, -0.25) is 4.90 Å². The lowest BCUT2D eigenvalue weighted by molar-refractivity contribution is 0.104. The van der Waals surface area contributed by atoms with Gasteiger partial charge in [0.1, 0.15) is 13.2 Å². The first-order valence-corrected chi connectivity index (χ1v) is 13.8. The highest BCUT2D eigenvalue weighted by Gasteiger charge is 2.41. The maximum Gasteiger partial charge on any atom is 0.410 e. The summed E-state index contributed by atoms with van der Waals surface area (Å²) in [6.07, 6.45) is 7.30. The van der Waals surface area contributed by atoms with Crippen molar-refractivity contribution in [2.45, 2.75) is 50.6 Å². The van der Waals surface area contributed by atoms with Gasteiger partial charge in [-0.25, -0.2) is 9.59 Å². The summed E-state index contributed by atoms with van der Waals surface area (Å²) >= 11 is 0. The van der Waals surface area contributed by atoms with Gasteiger partial charge in [0, 0.05) is 24.8 Å². The van der Waals surface area contributed by atoms with E-state index in [1.165, 1.54) is 11.0 Å². The minimum atomic E-state index is -1.34. The molecule has 0 aromatic heterocycles. The number of ether oxygens (including phenoxy) is 2. The van der Waals surface area contributed by atoms with E-state index in [2.05, 4.69) is 46.4 Å². The SMILES string of the molecule is C=CCOC(=O)N(C)Cc1ccc([C@H]2C[C@@H](OS(C)(C)C(C)(C)C)CN2C(=O)OCC=C)cc1. The van der Waals surface area contributed by atoms with Crippen LogP contribution in [-0.2, 0) is 20.2 Å². The van der Waals surface area contributed by atoms with Gasteiger partial charge in [0.25, 0.3) is 0 Å². The van der Waals surface area contributed by atoms with Crippen LogP contribution in [0.1, 0.15) is 44.4 Å². The Balaban J connectivity index is 2.16. The van der Waals surface area contributed by atoms with E-state index in [-0.39, 0.29) is 36.2 Å². The molecule has 0 saturated carbocycles. The molecule has 1 aromatic rings. The summed E-state index contributed by atoms with van der Waals surface area (Å²) in [4.78, 5) is 28.1. The van der Waals surface area contributed by atoms with Crippen LogP contribution in [0.5, 0.6) is 0 Å². The summed E-state index contributed by atoms with van der Waals surface area (Å²) in [6, 6.07) is 7.79. The van der Waals surface area contributed by atoms with Gasteiger partial charge >= 0.3 is 12.2 Å². The standard InChI is InChI=1S/C26H40N2O5S/c1-9-15-31-24(29)27(6)18-20-11-13-21(14-12-20)23-17-22(33-34(7,8)26(3,4)5)19-28(23)25(30)32-16-10-2/h9-14,22-23H,1-2,15-19H2,3-8H3/t22-,23-/m1/s1. The maximum atomic E-state index is 12.8. The molecule has 190 valence electrons. The van der Waals surface area contributed by atoms with E-state index in [1.807, 2.05) is 24.3 Å². The number of hydrogen-bond donors (Lipinski definition) is 0. The van der Waals surface area contributed by atoms with Gasteiger partial charge in [-0.05, 0) is 23.6 Å². The number of benzene rings is 1. The van der Waals surface area contributed by atoms with Crippen molar-refractivity contribution in [1.82, 2.24) is 9.80 Å². The van der Waals surface area contributed by atoms with E-state index < -0.39 is 16.4 Å². The molecule has 1 aliphatic heterocycles. The number of carbonyl (C=O) groups excluding carboxylic acids is 2. The quantitative estimate of drug-likeness (QED) is 0.415. The molecule has 0 unspecified atom stereocenters. The summed E-state index contributed by atoms with van der Waals surface area (Å²) in [5.74, 6) is 0. The zero-order chi connectivity index (χ0) is 25.5. The Morgan fingerprint density at radius 1 is 1.12 bits per heavy atom. The Hall–Kier alpha value is -2.45. The van der Waals surface area contributed by atoms with Crippen molar-refractivity contribution >= 4 is 22.5 Å². The molecule has 7 nitrogen and oxygen atoms in total. The fourth-order valence-corrected chi connectivity index (χ4v) is 4.62. The summed E-state index contributed by atoms with van der Waals surface area (Å²) in [5, 5.41) is 0. The third-order valence-electron chi connectivity index (χ3n) is 6.09. The lowest BCUT2D eigenvalue weighted by atomic mass is 10.0. The summed E-state index contributed by atoms with van der Waals surface area (Å²) < 4.78 is 17.0. The second-order valence-corrected chi connectivity index (χ2v) is 13.7. The minimum absolute atomic E-state index is 0.0275. The predicted octanol–water partition coefficient (Wildman–Crippen LogP) is 5.67. The van der Waals surface area contributed by atoms with Crippen LogP contribution in [0.2, 0.25) is 0 Å². The van der Waals surface area contributed by atoms with Crippen molar-refractivity contribution in [2.24, 2.45) is 0 Å². The van der Waals surface area contributed by atoms with E-state index in [9.17, 15) is 9.59 Å². The molecule has 0 radical (unpaired) electrons. The van der Waals surface area contributed by atoms with Crippen LogP contribution < -0.4 is 0 Å². The van der Waals surface area contributed by atoms with E-state index in [0.29, 0.717) is 19.5 Å². The number of nitrogens with zero attached hydrogens (tertiary/aromatic N) is 2. The van der Waals surface area contributed by atoms with Crippen molar-refractivity contribution in [3.05, 3.63) is 60.7 Å². The second-order valence-electron chi connectivity index (χ2n) is 9.80. The summed E-state index contributed by atoms with van der Waals surface area (Å²) in [7, 11) is 0.351. The zero-order valence-corrected chi connectivity index (χ0v) is 22.2. The number of rotatable bonds is 9. The maximum absolute atomic E-state index is 12.8. The number of carbonyl (C=O) groups is 2. The van der Waals surface area contributed by atoms with Gasteiger partial charge < -0.3 is 18.6 Å². The molecule has 1 saturated heterocycles. The predicted molar refractivity (Wildman–Crippen MR) is 139 cm³/mol. The van der Waals surface area contributed by atoms with Crippen molar-refractivity contribution in [2.75, 3.05) is 39.3 Å². The topological polar surface area (TPSA) is 68.3 Å². The first-order chi connectivity index (χ1) is 15.9. The number of amides is 2. The van der Waals surface area contributed by atoms with Crippen LogP contribution in [0.3, 0.4) is 0 Å². The number of likely N-dealkylation sites (tertiary alicyclic amines) is 1. The molecule has 8 heteroatoms. The number of hydrogen-bond acceptors (Lipinski definition) is 5. The highest BCUT2D eigenvalue weighted by atomic mass is 32.3. The van der Waals surface area contributed by atoms with Crippen molar-refractivity contribution < 1.29 is 23.2 Å². The van der Waals surface area contributed by atoms with E-state index in [0.717, 1.165) is 11.1 Å². The molecule has 1 aliphatic rings. The molecule has 0 N–H and O–H groups in total. The molecule has 2 rings (SSSR count). The third kappa shape index (κ3) is 7.27. The van der Waals surface area contributed by atoms with Crippen LogP contribution in [0.15, 0.2) is 49.6 Å². The Kier molecular flexibility index (Phi) is 9.64. The van der Waals surface area contributed by atoms with Gasteiger partial charge in [0.2, 0.25) is 0 Å². The van der Waals surface area contributed by atoms with Gasteiger partial charge in [-0.15, -0.1) is 10.3 Å². The Labute approximate surface area is 206 Å². The normalized spacial score (nSPS) is 18.8. The monoisotopic (exact) mass is 492 g/mol. The zero-order valence-electron chi connectivity index (χ0n) is 21.4. The molecule has 0 spiro atoms. The van der Waals surface area contributed by atoms with Crippen LogP contribution in [0.25, 0.3) is 0 Å². The fraction of sp³-hybridized carbons (Fsp3) is 0.538. The molecule has 1 fully saturated rings. The van der Waals surface area contributed by atoms with Gasteiger partial charge in [0.05, 0.1) is 18.7 Å². The molecular weight excluding hydrogens is 452 g/mol. The molecule has 2 atom stereocenters. The molecule has 2 amide bonds. The summed E-state index contributed by atoms with van der Waals surface area (Å²) in [6.45, 7) is 15.0. The molecule has 1 aromatic carbocycles. The van der Waals surface area contributed by atoms with Gasteiger partial charge in [0.15, 0.2) is 0 Å². The first-order valence-electron chi connectivity index (χ1n) is 11.4. The third-order valence-corrected chi connectivity index (χ3v) is 9.80. The van der Waals surface area contributed by atoms with Crippen LogP contribution in [-0.4, -0.2) is 72.2 Å². The smallest absolute Gasteiger partial charge is 0.410 e. The first kappa shape index (κ1) is 27.8. The van der Waals surface area contributed by atoms with Gasteiger partial charge in [-0.2, -0.15) is 0 Å². The van der Waals surface area contributed by atoms with E-state index >= 15 is 0 Å². The minimum Gasteiger partial charge on any atom is -0.445 e. The molecule has 34 heavy (non-hydrogen) atoms. The highest BCUT2D eigenvalue weighted by molar-refractivity contribution is 8.29. The Bertz CT molecular complexity index is 863. The van der Waals surface area contributed by atoms with Crippen molar-refractivity contribution in [1.29, 1.82) is 0 Å². The highest BCUT2D eigenvalue weighted by Crippen LogP contribution is 2.56. The lowest BCUT2D eigenvalue weighted by Crippen LogP contribution is -2.34.